The number of rotatable bonds is 10. The Morgan fingerprint density at radius 1 is 0.655 bits per heavy atom. The van der Waals surface area contributed by atoms with Crippen molar-refractivity contribution >= 4 is 5.78 Å². The molecule has 2 heteroatoms. The summed E-state index contributed by atoms with van der Waals surface area (Å²) in [5.74, 6) is 1.03. The standard InChI is InChI=1S/C27H30O2/c1-3-4-5-6-7-20-29-27-18-16-26(17-19-27)25-14-12-24(13-15-25)23-10-8-22(9-11-23)21(2)28/h8-19H,3-7,20H2,1-2H3. The number of benzene rings is 3. The lowest BCUT2D eigenvalue weighted by Crippen LogP contribution is -1.97. The normalized spacial score (nSPS) is 10.7. The highest BCUT2D eigenvalue weighted by Gasteiger charge is 2.03. The quantitative estimate of drug-likeness (QED) is 0.265. The van der Waals surface area contributed by atoms with Crippen LogP contribution in [0.5, 0.6) is 5.75 Å². The Kier molecular flexibility index (Phi) is 7.63. The summed E-state index contributed by atoms with van der Waals surface area (Å²) in [7, 11) is 0. The number of hydrogen-bond donors (Lipinski definition) is 0. The molecule has 0 radical (unpaired) electrons. The molecule has 3 aromatic rings. The highest BCUT2D eigenvalue weighted by molar-refractivity contribution is 5.94. The second-order valence-corrected chi connectivity index (χ2v) is 7.50. The average molecular weight is 387 g/mol. The van der Waals surface area contributed by atoms with Gasteiger partial charge in [0.05, 0.1) is 6.61 Å². The SMILES string of the molecule is CCCCCCCOc1ccc(-c2ccc(-c3ccc(C(C)=O)cc3)cc2)cc1. The molecule has 0 unspecified atom stereocenters. The molecule has 0 amide bonds. The van der Waals surface area contributed by atoms with Crippen molar-refractivity contribution in [3.05, 3.63) is 78.4 Å². The Morgan fingerprint density at radius 2 is 1.10 bits per heavy atom. The van der Waals surface area contributed by atoms with Gasteiger partial charge in [0.2, 0.25) is 0 Å². The van der Waals surface area contributed by atoms with Crippen LogP contribution in [0, 0.1) is 0 Å². The maximum atomic E-state index is 11.4. The molecule has 0 spiro atoms. The molecule has 0 saturated heterocycles. The van der Waals surface area contributed by atoms with Crippen molar-refractivity contribution in [1.29, 1.82) is 0 Å². The van der Waals surface area contributed by atoms with E-state index in [9.17, 15) is 4.79 Å². The molecule has 0 saturated carbocycles. The van der Waals surface area contributed by atoms with Crippen LogP contribution in [0.15, 0.2) is 72.8 Å². The zero-order chi connectivity index (χ0) is 20.5. The van der Waals surface area contributed by atoms with Crippen LogP contribution >= 0.6 is 0 Å². The van der Waals surface area contributed by atoms with Gasteiger partial charge < -0.3 is 4.74 Å². The van der Waals surface area contributed by atoms with E-state index in [1.54, 1.807) is 6.92 Å². The van der Waals surface area contributed by atoms with E-state index < -0.39 is 0 Å². The van der Waals surface area contributed by atoms with E-state index in [0.717, 1.165) is 35.5 Å². The van der Waals surface area contributed by atoms with Crippen LogP contribution in [-0.4, -0.2) is 12.4 Å². The summed E-state index contributed by atoms with van der Waals surface area (Å²) in [5, 5.41) is 0. The van der Waals surface area contributed by atoms with E-state index in [1.807, 2.05) is 24.3 Å². The first kappa shape index (κ1) is 20.9. The third-order valence-corrected chi connectivity index (χ3v) is 5.21. The molecule has 0 aromatic heterocycles. The second kappa shape index (κ2) is 10.6. The lowest BCUT2D eigenvalue weighted by atomic mass is 9.99. The molecule has 3 aromatic carbocycles. The van der Waals surface area contributed by atoms with Gasteiger partial charge >= 0.3 is 0 Å². The van der Waals surface area contributed by atoms with Crippen molar-refractivity contribution in [3.63, 3.8) is 0 Å². The van der Waals surface area contributed by atoms with Crippen LogP contribution in [0.4, 0.5) is 0 Å². The van der Waals surface area contributed by atoms with Crippen LogP contribution < -0.4 is 4.74 Å². The average Bonchev–Trinajstić information content (AvgIpc) is 2.77. The van der Waals surface area contributed by atoms with Gasteiger partial charge in [0.1, 0.15) is 5.75 Å². The van der Waals surface area contributed by atoms with E-state index in [1.165, 1.54) is 36.8 Å². The fourth-order valence-corrected chi connectivity index (χ4v) is 3.39. The van der Waals surface area contributed by atoms with Gasteiger partial charge in [-0.2, -0.15) is 0 Å². The molecule has 0 heterocycles. The summed E-state index contributed by atoms with van der Waals surface area (Å²) in [4.78, 5) is 11.4. The van der Waals surface area contributed by atoms with Crippen LogP contribution in [0.25, 0.3) is 22.3 Å². The maximum Gasteiger partial charge on any atom is 0.159 e. The Labute approximate surface area is 174 Å². The van der Waals surface area contributed by atoms with Crippen molar-refractivity contribution in [2.75, 3.05) is 6.61 Å². The topological polar surface area (TPSA) is 26.3 Å². The fourth-order valence-electron chi connectivity index (χ4n) is 3.39. The van der Waals surface area contributed by atoms with E-state index >= 15 is 0 Å². The third-order valence-electron chi connectivity index (χ3n) is 5.21. The summed E-state index contributed by atoms with van der Waals surface area (Å²) in [5.41, 5.74) is 5.36. The number of carbonyl (C=O) groups is 1. The minimum atomic E-state index is 0.0933. The number of ketones is 1. The van der Waals surface area contributed by atoms with Crippen molar-refractivity contribution in [2.24, 2.45) is 0 Å². The number of unbranched alkanes of at least 4 members (excludes halogenated alkanes) is 4. The van der Waals surface area contributed by atoms with Crippen molar-refractivity contribution < 1.29 is 9.53 Å². The minimum absolute atomic E-state index is 0.0933. The monoisotopic (exact) mass is 386 g/mol. The lowest BCUT2D eigenvalue weighted by Gasteiger charge is -2.08. The molecule has 3 rings (SSSR count). The Balaban J connectivity index is 1.57. The number of Topliss-reactive ketones (excluding diaryl/α,β-unsaturated/α-hetero) is 1. The highest BCUT2D eigenvalue weighted by atomic mass is 16.5. The molecule has 0 aliphatic rings. The molecular weight excluding hydrogens is 356 g/mol. The van der Waals surface area contributed by atoms with Gasteiger partial charge in [-0.05, 0) is 47.7 Å². The zero-order valence-corrected chi connectivity index (χ0v) is 17.5. The van der Waals surface area contributed by atoms with Gasteiger partial charge in [0.25, 0.3) is 0 Å². The second-order valence-electron chi connectivity index (χ2n) is 7.50. The summed E-state index contributed by atoms with van der Waals surface area (Å²) in [6.45, 7) is 4.62. The first-order valence-corrected chi connectivity index (χ1v) is 10.6. The van der Waals surface area contributed by atoms with Gasteiger partial charge in [-0.25, -0.2) is 0 Å². The molecule has 0 atom stereocenters. The van der Waals surface area contributed by atoms with E-state index in [0.29, 0.717) is 0 Å². The molecular formula is C27H30O2. The minimum Gasteiger partial charge on any atom is -0.494 e. The zero-order valence-electron chi connectivity index (χ0n) is 17.5. The summed E-state index contributed by atoms with van der Waals surface area (Å²) in [6, 6.07) is 24.6. The third kappa shape index (κ3) is 6.05. The highest BCUT2D eigenvalue weighted by Crippen LogP contribution is 2.26. The summed E-state index contributed by atoms with van der Waals surface area (Å²) < 4.78 is 5.86. The van der Waals surface area contributed by atoms with Crippen LogP contribution in [-0.2, 0) is 0 Å². The van der Waals surface area contributed by atoms with Gasteiger partial charge in [-0.15, -0.1) is 0 Å². The Morgan fingerprint density at radius 3 is 1.59 bits per heavy atom. The van der Waals surface area contributed by atoms with Gasteiger partial charge in [0, 0.05) is 5.56 Å². The molecule has 29 heavy (non-hydrogen) atoms. The van der Waals surface area contributed by atoms with Crippen molar-refractivity contribution in [2.45, 2.75) is 46.0 Å². The molecule has 0 aliphatic carbocycles. The predicted molar refractivity (Wildman–Crippen MR) is 122 cm³/mol. The first-order chi connectivity index (χ1) is 14.2. The van der Waals surface area contributed by atoms with Gasteiger partial charge in [-0.1, -0.05) is 93.3 Å². The number of hydrogen-bond acceptors (Lipinski definition) is 2. The van der Waals surface area contributed by atoms with Gasteiger partial charge in [-0.3, -0.25) is 4.79 Å². The molecule has 0 N–H and O–H groups in total. The maximum absolute atomic E-state index is 11.4. The summed E-state index contributed by atoms with van der Waals surface area (Å²) >= 11 is 0. The van der Waals surface area contributed by atoms with Crippen LogP contribution in [0.1, 0.15) is 56.3 Å². The van der Waals surface area contributed by atoms with Crippen LogP contribution in [0.2, 0.25) is 0 Å². The molecule has 2 nitrogen and oxygen atoms in total. The number of ether oxygens (including phenoxy) is 1. The molecule has 0 aliphatic heterocycles. The summed E-state index contributed by atoms with van der Waals surface area (Å²) in [6.07, 6.45) is 6.26. The first-order valence-electron chi connectivity index (χ1n) is 10.6. The smallest absolute Gasteiger partial charge is 0.159 e. The fraction of sp³-hybridized carbons (Fsp3) is 0.296. The molecule has 0 bridgehead atoms. The Hall–Kier alpha value is -2.87. The lowest BCUT2D eigenvalue weighted by molar-refractivity contribution is 0.101. The van der Waals surface area contributed by atoms with E-state index in [2.05, 4.69) is 55.5 Å². The predicted octanol–water partition coefficient (Wildman–Crippen LogP) is 7.57. The largest absolute Gasteiger partial charge is 0.494 e. The van der Waals surface area contributed by atoms with Crippen molar-refractivity contribution in [1.82, 2.24) is 0 Å². The van der Waals surface area contributed by atoms with Crippen molar-refractivity contribution in [3.8, 4) is 28.0 Å². The van der Waals surface area contributed by atoms with Gasteiger partial charge in [0.15, 0.2) is 5.78 Å². The van der Waals surface area contributed by atoms with E-state index in [4.69, 9.17) is 4.74 Å². The van der Waals surface area contributed by atoms with Crippen LogP contribution in [0.3, 0.4) is 0 Å². The number of carbonyl (C=O) groups excluding carboxylic acids is 1. The molecule has 150 valence electrons. The Bertz CT molecular complexity index is 891. The molecule has 0 fully saturated rings. The van der Waals surface area contributed by atoms with E-state index in [-0.39, 0.29) is 5.78 Å².